The van der Waals surface area contributed by atoms with Crippen molar-refractivity contribution in [1.82, 2.24) is 19.9 Å². The topological polar surface area (TPSA) is 95.6 Å². The number of imidazole rings is 1. The van der Waals surface area contributed by atoms with E-state index in [1.807, 2.05) is 30.3 Å². The molecule has 1 amide bonds. The summed E-state index contributed by atoms with van der Waals surface area (Å²) in [5.41, 5.74) is 4.50. The van der Waals surface area contributed by atoms with Gasteiger partial charge in [0.1, 0.15) is 17.0 Å². The van der Waals surface area contributed by atoms with Crippen LogP contribution >= 0.6 is 0 Å². The molecule has 2 aromatic heterocycles. The quantitative estimate of drug-likeness (QED) is 0.451. The van der Waals surface area contributed by atoms with Gasteiger partial charge in [0.15, 0.2) is 5.65 Å². The summed E-state index contributed by atoms with van der Waals surface area (Å²) in [5, 5.41) is 6.00. The molecule has 5 rings (SSSR count). The third-order valence-electron chi connectivity index (χ3n) is 5.01. The van der Waals surface area contributed by atoms with Crippen LogP contribution in [0.5, 0.6) is 0 Å². The van der Waals surface area contributed by atoms with Crippen molar-refractivity contribution in [2.75, 3.05) is 10.6 Å². The fourth-order valence-corrected chi connectivity index (χ4v) is 3.23. The zero-order chi connectivity index (χ0) is 20.5. The Morgan fingerprint density at radius 1 is 1.13 bits per heavy atom. The largest absolute Gasteiger partial charge is 0.381 e. The van der Waals surface area contributed by atoms with Crippen LogP contribution in [0.25, 0.3) is 22.4 Å². The van der Waals surface area contributed by atoms with Crippen LogP contribution < -0.4 is 10.6 Å². The summed E-state index contributed by atoms with van der Waals surface area (Å²) in [4.78, 5) is 28.3. The Labute approximate surface area is 171 Å². The molecule has 0 unspecified atom stereocenters. The van der Waals surface area contributed by atoms with E-state index >= 15 is 0 Å². The van der Waals surface area contributed by atoms with Crippen LogP contribution in [0.15, 0.2) is 54.9 Å². The Balaban J connectivity index is 1.37. The molecule has 0 saturated heterocycles. The molecule has 2 aromatic carbocycles. The monoisotopic (exact) mass is 402 g/mol. The van der Waals surface area contributed by atoms with Crippen LogP contribution in [0.1, 0.15) is 18.4 Å². The summed E-state index contributed by atoms with van der Waals surface area (Å²) in [6.45, 7) is 0.564. The number of fused-ring (bicyclic) bond motifs is 1. The molecule has 7 nitrogen and oxygen atoms in total. The van der Waals surface area contributed by atoms with E-state index in [4.69, 9.17) is 0 Å². The molecule has 8 heteroatoms. The third kappa shape index (κ3) is 3.84. The fourth-order valence-electron chi connectivity index (χ4n) is 3.23. The van der Waals surface area contributed by atoms with Gasteiger partial charge in [-0.05, 0) is 36.6 Å². The molecule has 0 aliphatic heterocycles. The summed E-state index contributed by atoms with van der Waals surface area (Å²) in [6.07, 6.45) is 3.39. The number of aromatic nitrogens is 4. The number of H-pyrrole nitrogens is 1. The highest BCUT2D eigenvalue weighted by Gasteiger charge is 2.30. The number of carbonyl (C=O) groups excluding carboxylic acids is 1. The van der Waals surface area contributed by atoms with E-state index in [0.717, 1.165) is 29.7 Å². The molecule has 30 heavy (non-hydrogen) atoms. The van der Waals surface area contributed by atoms with Crippen molar-refractivity contribution < 1.29 is 9.18 Å². The molecule has 0 spiro atoms. The Morgan fingerprint density at radius 3 is 2.73 bits per heavy atom. The van der Waals surface area contributed by atoms with Gasteiger partial charge in [-0.3, -0.25) is 10.1 Å². The van der Waals surface area contributed by atoms with Gasteiger partial charge in [-0.15, -0.1) is 0 Å². The van der Waals surface area contributed by atoms with Crippen LogP contribution in [0.3, 0.4) is 0 Å². The summed E-state index contributed by atoms with van der Waals surface area (Å²) < 4.78 is 13.3. The highest BCUT2D eigenvalue weighted by Crippen LogP contribution is 2.31. The van der Waals surface area contributed by atoms with Gasteiger partial charge in [0.25, 0.3) is 0 Å². The summed E-state index contributed by atoms with van der Waals surface area (Å²) in [5.74, 6) is 0.0279. The minimum atomic E-state index is -0.272. The lowest BCUT2D eigenvalue weighted by atomic mass is 10.1. The molecule has 1 saturated carbocycles. The molecule has 3 N–H and O–H groups in total. The van der Waals surface area contributed by atoms with Gasteiger partial charge in [-0.2, -0.15) is 4.98 Å². The average Bonchev–Trinajstić information content (AvgIpc) is 3.50. The molecule has 0 radical (unpaired) electrons. The standard InChI is InChI=1S/C22H19FN6O/c23-16-2-1-3-17(10-16)24-11-13-4-6-14(7-5-13)18-19-20(26-12-25-19)28-22(27-18)29-21(30)15-8-9-15/h1-7,10,12,15,24H,8-9,11H2,(H2,25,26,27,28,29,30). The number of aromatic amines is 1. The van der Waals surface area contributed by atoms with E-state index in [0.29, 0.717) is 23.4 Å². The number of hydrogen-bond donors (Lipinski definition) is 3. The van der Waals surface area contributed by atoms with E-state index in [-0.39, 0.29) is 23.6 Å². The number of anilines is 2. The average molecular weight is 402 g/mol. The Bertz CT molecular complexity index is 1220. The molecule has 1 aliphatic rings. The maximum Gasteiger partial charge on any atom is 0.232 e. The van der Waals surface area contributed by atoms with Gasteiger partial charge in [-0.1, -0.05) is 30.3 Å². The minimum absolute atomic E-state index is 0.0430. The van der Waals surface area contributed by atoms with Gasteiger partial charge >= 0.3 is 0 Å². The lowest BCUT2D eigenvalue weighted by Gasteiger charge is -2.09. The van der Waals surface area contributed by atoms with Crippen LogP contribution in [0, 0.1) is 11.7 Å². The maximum atomic E-state index is 13.3. The highest BCUT2D eigenvalue weighted by molar-refractivity contribution is 5.94. The summed E-state index contributed by atoms with van der Waals surface area (Å²) >= 11 is 0. The second kappa shape index (κ2) is 7.55. The molecular formula is C22H19FN6O. The Morgan fingerprint density at radius 2 is 1.97 bits per heavy atom. The molecule has 1 fully saturated rings. The lowest BCUT2D eigenvalue weighted by Crippen LogP contribution is -2.16. The molecule has 4 aromatic rings. The van der Waals surface area contributed by atoms with Crippen molar-refractivity contribution in [2.45, 2.75) is 19.4 Å². The number of amides is 1. The van der Waals surface area contributed by atoms with Gasteiger partial charge in [0.05, 0.1) is 6.33 Å². The lowest BCUT2D eigenvalue weighted by molar-refractivity contribution is -0.117. The number of halogens is 1. The van der Waals surface area contributed by atoms with Crippen molar-refractivity contribution in [3.8, 4) is 11.3 Å². The van der Waals surface area contributed by atoms with Crippen LogP contribution in [-0.2, 0) is 11.3 Å². The highest BCUT2D eigenvalue weighted by atomic mass is 19.1. The maximum absolute atomic E-state index is 13.3. The van der Waals surface area contributed by atoms with E-state index in [9.17, 15) is 9.18 Å². The summed E-state index contributed by atoms with van der Waals surface area (Å²) in [7, 11) is 0. The zero-order valence-electron chi connectivity index (χ0n) is 16.0. The third-order valence-corrected chi connectivity index (χ3v) is 5.01. The first-order chi connectivity index (χ1) is 14.7. The van der Waals surface area contributed by atoms with Gasteiger partial charge in [0, 0.05) is 23.7 Å². The number of rotatable bonds is 6. The minimum Gasteiger partial charge on any atom is -0.381 e. The second-order valence-corrected chi connectivity index (χ2v) is 7.32. The second-order valence-electron chi connectivity index (χ2n) is 7.32. The Kier molecular flexibility index (Phi) is 4.59. The molecule has 0 atom stereocenters. The van der Waals surface area contributed by atoms with Crippen LogP contribution in [0.2, 0.25) is 0 Å². The van der Waals surface area contributed by atoms with Crippen LogP contribution in [0.4, 0.5) is 16.0 Å². The molecular weight excluding hydrogens is 383 g/mol. The number of benzene rings is 2. The van der Waals surface area contributed by atoms with Crippen molar-refractivity contribution in [2.24, 2.45) is 5.92 Å². The fraction of sp³-hybridized carbons (Fsp3) is 0.182. The first kappa shape index (κ1) is 18.2. The Hall–Kier alpha value is -3.81. The van der Waals surface area contributed by atoms with Gasteiger partial charge < -0.3 is 10.3 Å². The van der Waals surface area contributed by atoms with E-state index in [1.165, 1.54) is 12.1 Å². The van der Waals surface area contributed by atoms with Crippen molar-refractivity contribution >= 4 is 28.7 Å². The van der Waals surface area contributed by atoms with E-state index < -0.39 is 0 Å². The SMILES string of the molecule is O=C(Nc1nc(-c2ccc(CNc3cccc(F)c3)cc2)c2nc[nH]c2n1)C1CC1. The molecule has 1 aliphatic carbocycles. The predicted octanol–water partition coefficient (Wildman–Crippen LogP) is 4.12. The number of nitrogens with zero attached hydrogens (tertiary/aromatic N) is 3. The van der Waals surface area contributed by atoms with E-state index in [1.54, 1.807) is 12.4 Å². The predicted molar refractivity (Wildman–Crippen MR) is 112 cm³/mol. The van der Waals surface area contributed by atoms with E-state index in [2.05, 4.69) is 30.6 Å². The van der Waals surface area contributed by atoms with Crippen molar-refractivity contribution in [3.05, 3.63) is 66.2 Å². The molecule has 0 bridgehead atoms. The molecule has 150 valence electrons. The number of carbonyl (C=O) groups is 1. The smallest absolute Gasteiger partial charge is 0.232 e. The zero-order valence-corrected chi connectivity index (χ0v) is 16.0. The number of hydrogen-bond acceptors (Lipinski definition) is 5. The van der Waals surface area contributed by atoms with Gasteiger partial charge in [-0.25, -0.2) is 14.4 Å². The number of nitrogens with one attached hydrogen (secondary N) is 3. The summed E-state index contributed by atoms with van der Waals surface area (Å²) in [6, 6.07) is 14.2. The first-order valence-corrected chi connectivity index (χ1v) is 9.76. The molecule has 2 heterocycles. The van der Waals surface area contributed by atoms with Gasteiger partial charge in [0.2, 0.25) is 11.9 Å². The normalized spacial score (nSPS) is 13.4. The van der Waals surface area contributed by atoms with Crippen molar-refractivity contribution in [1.29, 1.82) is 0 Å². The van der Waals surface area contributed by atoms with Crippen LogP contribution in [-0.4, -0.2) is 25.8 Å². The first-order valence-electron chi connectivity index (χ1n) is 9.76. The van der Waals surface area contributed by atoms with Crippen molar-refractivity contribution in [3.63, 3.8) is 0 Å².